The molecule has 1 aromatic heterocycles. The Morgan fingerprint density at radius 1 is 0.944 bits per heavy atom. The van der Waals surface area contributed by atoms with E-state index in [0.717, 1.165) is 11.8 Å². The SMILES string of the molecule is COc1nc(NC(C2CC2)C2CC2)nc(OC)n1. The molecule has 0 amide bonds. The van der Waals surface area contributed by atoms with Crippen molar-refractivity contribution in [3.05, 3.63) is 0 Å². The second kappa shape index (κ2) is 4.59. The van der Waals surface area contributed by atoms with Crippen LogP contribution in [0, 0.1) is 11.8 Å². The molecule has 2 fully saturated rings. The fraction of sp³-hybridized carbons (Fsp3) is 0.750. The first-order valence-corrected chi connectivity index (χ1v) is 6.40. The number of rotatable bonds is 6. The molecule has 2 aliphatic rings. The van der Waals surface area contributed by atoms with Gasteiger partial charge in [-0.15, -0.1) is 4.98 Å². The van der Waals surface area contributed by atoms with E-state index in [-0.39, 0.29) is 12.0 Å². The average molecular weight is 250 g/mol. The van der Waals surface area contributed by atoms with Crippen LogP contribution < -0.4 is 14.8 Å². The van der Waals surface area contributed by atoms with Gasteiger partial charge in [-0.25, -0.2) is 0 Å². The zero-order chi connectivity index (χ0) is 12.5. The van der Waals surface area contributed by atoms with Gasteiger partial charge in [0.05, 0.1) is 14.2 Å². The van der Waals surface area contributed by atoms with Gasteiger partial charge < -0.3 is 14.8 Å². The van der Waals surface area contributed by atoms with Gasteiger partial charge in [0.2, 0.25) is 5.95 Å². The minimum absolute atomic E-state index is 0.287. The molecule has 2 aliphatic carbocycles. The van der Waals surface area contributed by atoms with Gasteiger partial charge in [0.15, 0.2) is 0 Å². The fourth-order valence-electron chi connectivity index (χ4n) is 2.27. The second-order valence-corrected chi connectivity index (χ2v) is 4.98. The van der Waals surface area contributed by atoms with Crippen molar-refractivity contribution in [2.24, 2.45) is 11.8 Å². The normalized spacial score (nSPS) is 18.8. The van der Waals surface area contributed by atoms with Crippen molar-refractivity contribution in [2.75, 3.05) is 19.5 Å². The summed E-state index contributed by atoms with van der Waals surface area (Å²) in [5.41, 5.74) is 0. The molecular formula is C12H18N4O2. The van der Waals surface area contributed by atoms with Crippen molar-refractivity contribution in [3.63, 3.8) is 0 Å². The lowest BCUT2D eigenvalue weighted by Gasteiger charge is -2.17. The minimum Gasteiger partial charge on any atom is -0.467 e. The number of hydrogen-bond donors (Lipinski definition) is 1. The number of methoxy groups -OCH3 is 2. The van der Waals surface area contributed by atoms with E-state index in [1.807, 2.05) is 0 Å². The van der Waals surface area contributed by atoms with Crippen LogP contribution in [0.15, 0.2) is 0 Å². The third kappa shape index (κ3) is 2.47. The summed E-state index contributed by atoms with van der Waals surface area (Å²) in [6.07, 6.45) is 5.25. The van der Waals surface area contributed by atoms with Crippen molar-refractivity contribution >= 4 is 5.95 Å². The quantitative estimate of drug-likeness (QED) is 0.825. The van der Waals surface area contributed by atoms with Gasteiger partial charge in [0, 0.05) is 6.04 Å². The first kappa shape index (κ1) is 11.5. The smallest absolute Gasteiger partial charge is 0.324 e. The number of anilines is 1. The van der Waals surface area contributed by atoms with Crippen LogP contribution in [0.1, 0.15) is 25.7 Å². The summed E-state index contributed by atoms with van der Waals surface area (Å²) in [5, 5.41) is 3.43. The van der Waals surface area contributed by atoms with Crippen LogP contribution in [0.3, 0.4) is 0 Å². The number of nitrogens with zero attached hydrogens (tertiary/aromatic N) is 3. The standard InChI is InChI=1S/C12H18N4O2/c1-17-11-14-10(15-12(16-11)18-2)13-9(7-3-4-7)8-5-6-8/h7-9H,3-6H2,1-2H3,(H,13,14,15,16). The van der Waals surface area contributed by atoms with Crippen molar-refractivity contribution in [1.82, 2.24) is 15.0 Å². The highest BCUT2D eigenvalue weighted by atomic mass is 16.5. The van der Waals surface area contributed by atoms with E-state index in [0.29, 0.717) is 12.0 Å². The van der Waals surface area contributed by atoms with Crippen LogP contribution in [0.25, 0.3) is 0 Å². The molecule has 6 nitrogen and oxygen atoms in total. The minimum atomic E-state index is 0.287. The van der Waals surface area contributed by atoms with Gasteiger partial charge in [-0.3, -0.25) is 0 Å². The molecule has 6 heteroatoms. The molecular weight excluding hydrogens is 232 g/mol. The number of aromatic nitrogens is 3. The topological polar surface area (TPSA) is 69.2 Å². The predicted molar refractivity (Wildman–Crippen MR) is 65.8 cm³/mol. The van der Waals surface area contributed by atoms with Crippen LogP contribution in [0.2, 0.25) is 0 Å². The van der Waals surface area contributed by atoms with Crippen LogP contribution in [0.5, 0.6) is 12.0 Å². The Morgan fingerprint density at radius 3 is 1.83 bits per heavy atom. The molecule has 98 valence electrons. The molecule has 0 saturated heterocycles. The van der Waals surface area contributed by atoms with Crippen molar-refractivity contribution in [1.29, 1.82) is 0 Å². The highest BCUT2D eigenvalue weighted by molar-refractivity contribution is 5.31. The Labute approximate surface area is 106 Å². The lowest BCUT2D eigenvalue weighted by atomic mass is 10.1. The molecule has 0 spiro atoms. The second-order valence-electron chi connectivity index (χ2n) is 4.98. The lowest BCUT2D eigenvalue weighted by molar-refractivity contribution is 0.340. The molecule has 0 bridgehead atoms. The number of hydrogen-bond acceptors (Lipinski definition) is 6. The Hall–Kier alpha value is -1.59. The highest BCUT2D eigenvalue weighted by Crippen LogP contribution is 2.45. The summed E-state index contributed by atoms with van der Waals surface area (Å²) in [4.78, 5) is 12.4. The van der Waals surface area contributed by atoms with E-state index in [1.165, 1.54) is 39.9 Å². The Bertz CT molecular complexity index is 398. The zero-order valence-corrected chi connectivity index (χ0v) is 10.7. The molecule has 0 aromatic carbocycles. The molecule has 1 aromatic rings. The van der Waals surface area contributed by atoms with E-state index < -0.39 is 0 Å². The van der Waals surface area contributed by atoms with Gasteiger partial charge in [-0.1, -0.05) is 0 Å². The fourth-order valence-corrected chi connectivity index (χ4v) is 2.27. The van der Waals surface area contributed by atoms with Crippen molar-refractivity contribution in [3.8, 4) is 12.0 Å². The summed E-state index contributed by atoms with van der Waals surface area (Å²) < 4.78 is 10.1. The third-order valence-electron chi connectivity index (χ3n) is 3.52. The summed E-state index contributed by atoms with van der Waals surface area (Å²) in [6.45, 7) is 0. The van der Waals surface area contributed by atoms with Gasteiger partial charge in [0.25, 0.3) is 0 Å². The van der Waals surface area contributed by atoms with Gasteiger partial charge >= 0.3 is 12.0 Å². The highest BCUT2D eigenvalue weighted by Gasteiger charge is 2.41. The molecule has 0 aliphatic heterocycles. The molecule has 0 unspecified atom stereocenters. The summed E-state index contributed by atoms with van der Waals surface area (Å²) >= 11 is 0. The summed E-state index contributed by atoms with van der Waals surface area (Å²) in [6, 6.07) is 1.08. The van der Waals surface area contributed by atoms with Crippen LogP contribution in [0.4, 0.5) is 5.95 Å². The zero-order valence-electron chi connectivity index (χ0n) is 10.7. The molecule has 3 rings (SSSR count). The van der Waals surface area contributed by atoms with Crippen LogP contribution in [-0.2, 0) is 0 Å². The van der Waals surface area contributed by atoms with Crippen LogP contribution >= 0.6 is 0 Å². The first-order valence-electron chi connectivity index (χ1n) is 6.40. The maximum absolute atomic E-state index is 5.05. The Morgan fingerprint density at radius 2 is 1.44 bits per heavy atom. The molecule has 18 heavy (non-hydrogen) atoms. The summed E-state index contributed by atoms with van der Waals surface area (Å²) in [5.74, 6) is 2.13. The van der Waals surface area contributed by atoms with E-state index >= 15 is 0 Å². The van der Waals surface area contributed by atoms with Gasteiger partial charge in [0.1, 0.15) is 0 Å². The lowest BCUT2D eigenvalue weighted by Crippen LogP contribution is -2.25. The maximum atomic E-state index is 5.05. The molecule has 1 N–H and O–H groups in total. The van der Waals surface area contributed by atoms with E-state index in [4.69, 9.17) is 9.47 Å². The van der Waals surface area contributed by atoms with Gasteiger partial charge in [-0.2, -0.15) is 9.97 Å². The first-order chi connectivity index (χ1) is 8.80. The van der Waals surface area contributed by atoms with Gasteiger partial charge in [-0.05, 0) is 37.5 Å². The molecule has 0 radical (unpaired) electrons. The number of nitrogens with one attached hydrogen (secondary N) is 1. The molecule has 2 saturated carbocycles. The molecule has 0 atom stereocenters. The third-order valence-corrected chi connectivity index (χ3v) is 3.52. The van der Waals surface area contributed by atoms with E-state index in [9.17, 15) is 0 Å². The van der Waals surface area contributed by atoms with E-state index in [2.05, 4.69) is 20.3 Å². The summed E-state index contributed by atoms with van der Waals surface area (Å²) in [7, 11) is 3.08. The monoisotopic (exact) mass is 250 g/mol. The Balaban J connectivity index is 1.77. The largest absolute Gasteiger partial charge is 0.467 e. The van der Waals surface area contributed by atoms with Crippen molar-refractivity contribution < 1.29 is 9.47 Å². The maximum Gasteiger partial charge on any atom is 0.324 e. The van der Waals surface area contributed by atoms with Crippen LogP contribution in [-0.4, -0.2) is 35.2 Å². The van der Waals surface area contributed by atoms with Crippen molar-refractivity contribution in [2.45, 2.75) is 31.7 Å². The average Bonchev–Trinajstić information content (AvgIpc) is 3.28. The number of ether oxygens (including phenoxy) is 2. The molecule has 1 heterocycles. The predicted octanol–water partition coefficient (Wildman–Crippen LogP) is 1.49. The van der Waals surface area contributed by atoms with E-state index in [1.54, 1.807) is 0 Å². The Kier molecular flexibility index (Phi) is 2.93.